The molecular formula is C25H20ClN3OS2. The Morgan fingerprint density at radius 3 is 2.50 bits per heavy atom. The fraction of sp³-hybridized carbons (Fsp3) is 0.120. The molecule has 5 rings (SSSR count). The molecule has 0 aliphatic carbocycles. The van der Waals surface area contributed by atoms with E-state index in [1.54, 1.807) is 28.8 Å². The molecule has 0 atom stereocenters. The minimum absolute atomic E-state index is 0.0536. The van der Waals surface area contributed by atoms with E-state index in [4.69, 9.17) is 16.6 Å². The molecule has 0 bridgehead atoms. The zero-order valence-electron chi connectivity index (χ0n) is 17.6. The molecule has 2 aliphatic rings. The number of thioether (sulfide) groups is 2. The smallest absolute Gasteiger partial charge is 0.274 e. The Labute approximate surface area is 201 Å². The van der Waals surface area contributed by atoms with Crippen molar-refractivity contribution in [2.75, 3.05) is 16.3 Å². The maximum Gasteiger partial charge on any atom is 0.274 e. The average Bonchev–Trinajstić information content (AvgIpc) is 3.32. The van der Waals surface area contributed by atoms with E-state index >= 15 is 0 Å². The number of amides is 1. The fourth-order valence-corrected chi connectivity index (χ4v) is 6.24. The summed E-state index contributed by atoms with van der Waals surface area (Å²) in [6.07, 6.45) is 0. The summed E-state index contributed by atoms with van der Waals surface area (Å²) in [5.41, 5.74) is 3.80. The molecule has 7 heteroatoms. The van der Waals surface area contributed by atoms with E-state index in [-0.39, 0.29) is 5.91 Å². The normalized spacial score (nSPS) is 19.2. The molecule has 0 radical (unpaired) electrons. The number of hydrogen-bond acceptors (Lipinski definition) is 5. The minimum Gasteiger partial charge on any atom is -0.334 e. The van der Waals surface area contributed by atoms with Crippen molar-refractivity contribution >= 4 is 63.3 Å². The first-order valence-corrected chi connectivity index (χ1v) is 12.3. The number of nitrogens with zero attached hydrogens (tertiary/aromatic N) is 3. The number of benzene rings is 3. The van der Waals surface area contributed by atoms with Crippen molar-refractivity contribution in [3.8, 4) is 0 Å². The Bertz CT molecular complexity index is 1270. The number of halogens is 1. The summed E-state index contributed by atoms with van der Waals surface area (Å²) in [6, 6.07) is 23.5. The van der Waals surface area contributed by atoms with E-state index < -0.39 is 0 Å². The van der Waals surface area contributed by atoms with Crippen molar-refractivity contribution in [1.29, 1.82) is 0 Å². The van der Waals surface area contributed by atoms with E-state index in [0.29, 0.717) is 15.1 Å². The first-order valence-electron chi connectivity index (χ1n) is 10.3. The molecule has 4 nitrogen and oxygen atoms in total. The zero-order chi connectivity index (χ0) is 22.2. The maximum absolute atomic E-state index is 13.8. The molecule has 2 heterocycles. The highest BCUT2D eigenvalue weighted by atomic mass is 35.5. The van der Waals surface area contributed by atoms with Crippen molar-refractivity contribution in [2.45, 2.75) is 18.7 Å². The van der Waals surface area contributed by atoms with Gasteiger partial charge in [-0.1, -0.05) is 47.6 Å². The molecule has 1 amide bonds. The van der Waals surface area contributed by atoms with Gasteiger partial charge >= 0.3 is 0 Å². The van der Waals surface area contributed by atoms with Gasteiger partial charge in [-0.3, -0.25) is 9.69 Å². The van der Waals surface area contributed by atoms with Crippen LogP contribution < -0.4 is 9.80 Å². The molecule has 0 aromatic heterocycles. The number of para-hydroxylation sites is 1. The first kappa shape index (κ1) is 21.2. The summed E-state index contributed by atoms with van der Waals surface area (Å²) >= 11 is 9.11. The van der Waals surface area contributed by atoms with Crippen LogP contribution in [0.2, 0.25) is 5.02 Å². The van der Waals surface area contributed by atoms with Crippen LogP contribution in [0.15, 0.2) is 92.6 Å². The molecular weight excluding hydrogens is 458 g/mol. The Kier molecular flexibility index (Phi) is 5.76. The second kappa shape index (κ2) is 8.70. The summed E-state index contributed by atoms with van der Waals surface area (Å²) in [7, 11) is 0. The van der Waals surface area contributed by atoms with Crippen LogP contribution in [0.3, 0.4) is 0 Å². The lowest BCUT2D eigenvalue weighted by Gasteiger charge is -2.19. The molecule has 0 saturated carbocycles. The maximum atomic E-state index is 13.8. The van der Waals surface area contributed by atoms with Crippen LogP contribution in [0.25, 0.3) is 0 Å². The van der Waals surface area contributed by atoms with E-state index in [1.807, 2.05) is 55.5 Å². The number of carbonyl (C=O) groups is 1. The third-order valence-electron chi connectivity index (χ3n) is 5.21. The lowest BCUT2D eigenvalue weighted by molar-refractivity contribution is -0.113. The van der Waals surface area contributed by atoms with Crippen LogP contribution in [-0.2, 0) is 4.79 Å². The summed E-state index contributed by atoms with van der Waals surface area (Å²) in [4.78, 5) is 24.4. The molecule has 3 aromatic rings. The van der Waals surface area contributed by atoms with Crippen LogP contribution in [-0.4, -0.2) is 17.6 Å². The van der Waals surface area contributed by atoms with Crippen LogP contribution in [0.1, 0.15) is 12.5 Å². The Balaban J connectivity index is 1.63. The van der Waals surface area contributed by atoms with Gasteiger partial charge in [-0.05, 0) is 79.7 Å². The third kappa shape index (κ3) is 3.83. The number of anilines is 2. The topological polar surface area (TPSA) is 35.9 Å². The SMILES string of the molecule is CCN1/C(=C2/SC(=Nc3ccc(Cl)cc3)N(c3cccc(C)c3)C2=O)Sc2ccccc21. The molecule has 32 heavy (non-hydrogen) atoms. The van der Waals surface area contributed by atoms with Crippen molar-refractivity contribution in [3.63, 3.8) is 0 Å². The standard InChI is InChI=1S/C25H20ClN3OS2/c1-3-28-20-9-4-5-10-21(20)31-24(28)22-23(30)29(19-8-6-7-16(2)15-19)25(32-22)27-18-13-11-17(26)12-14-18/h4-15H,3H2,1-2H3/b24-22-,27-25?. The van der Waals surface area contributed by atoms with Gasteiger partial charge in [0, 0.05) is 16.5 Å². The quantitative estimate of drug-likeness (QED) is 0.373. The number of aliphatic imine (C=N–C) groups is 1. The predicted molar refractivity (Wildman–Crippen MR) is 137 cm³/mol. The molecule has 160 valence electrons. The number of amidine groups is 1. The largest absolute Gasteiger partial charge is 0.334 e. The number of hydrogen-bond donors (Lipinski definition) is 0. The number of aryl methyl sites for hydroxylation is 1. The number of carbonyl (C=O) groups excluding carboxylic acids is 1. The Morgan fingerprint density at radius 2 is 1.75 bits per heavy atom. The van der Waals surface area contributed by atoms with Gasteiger partial charge in [0.25, 0.3) is 5.91 Å². The van der Waals surface area contributed by atoms with E-state index in [0.717, 1.165) is 39.1 Å². The zero-order valence-corrected chi connectivity index (χ0v) is 20.0. The molecule has 0 unspecified atom stereocenters. The number of fused-ring (bicyclic) bond motifs is 1. The van der Waals surface area contributed by atoms with Gasteiger partial charge < -0.3 is 4.90 Å². The van der Waals surface area contributed by atoms with Crippen LogP contribution >= 0.6 is 35.1 Å². The van der Waals surface area contributed by atoms with Gasteiger partial charge in [0.2, 0.25) is 0 Å². The highest BCUT2D eigenvalue weighted by Gasteiger charge is 2.40. The molecule has 0 N–H and O–H groups in total. The lowest BCUT2D eigenvalue weighted by atomic mass is 10.2. The molecule has 1 fully saturated rings. The molecule has 2 aliphatic heterocycles. The van der Waals surface area contributed by atoms with Crippen molar-refractivity contribution in [1.82, 2.24) is 0 Å². The summed E-state index contributed by atoms with van der Waals surface area (Å²) in [5.74, 6) is -0.0536. The van der Waals surface area contributed by atoms with Crippen LogP contribution in [0.4, 0.5) is 17.1 Å². The van der Waals surface area contributed by atoms with Gasteiger partial charge in [-0.15, -0.1) is 0 Å². The Hall–Kier alpha value is -2.67. The van der Waals surface area contributed by atoms with E-state index in [2.05, 4.69) is 24.0 Å². The monoisotopic (exact) mass is 477 g/mol. The summed E-state index contributed by atoms with van der Waals surface area (Å²) in [6.45, 7) is 4.91. The third-order valence-corrected chi connectivity index (χ3v) is 7.80. The van der Waals surface area contributed by atoms with Crippen LogP contribution in [0.5, 0.6) is 0 Å². The predicted octanol–water partition coefficient (Wildman–Crippen LogP) is 7.22. The minimum atomic E-state index is -0.0536. The van der Waals surface area contributed by atoms with Gasteiger partial charge in [0.1, 0.15) is 9.93 Å². The van der Waals surface area contributed by atoms with Gasteiger partial charge in [0.05, 0.1) is 17.1 Å². The second-order valence-electron chi connectivity index (χ2n) is 7.40. The molecule has 0 spiro atoms. The summed E-state index contributed by atoms with van der Waals surface area (Å²) in [5, 5.41) is 2.25. The highest BCUT2D eigenvalue weighted by molar-refractivity contribution is 8.20. The Morgan fingerprint density at radius 1 is 0.969 bits per heavy atom. The lowest BCUT2D eigenvalue weighted by Crippen LogP contribution is -2.29. The van der Waals surface area contributed by atoms with Gasteiger partial charge in [-0.2, -0.15) is 0 Å². The van der Waals surface area contributed by atoms with E-state index in [1.165, 1.54) is 11.8 Å². The first-order chi connectivity index (χ1) is 15.5. The van der Waals surface area contributed by atoms with Crippen LogP contribution in [0, 0.1) is 6.92 Å². The van der Waals surface area contributed by atoms with E-state index in [9.17, 15) is 4.79 Å². The molecule has 3 aromatic carbocycles. The molecule has 1 saturated heterocycles. The average molecular weight is 478 g/mol. The highest BCUT2D eigenvalue weighted by Crippen LogP contribution is 2.51. The van der Waals surface area contributed by atoms with Gasteiger partial charge in [0.15, 0.2) is 5.17 Å². The van der Waals surface area contributed by atoms with Crippen molar-refractivity contribution in [2.24, 2.45) is 4.99 Å². The summed E-state index contributed by atoms with van der Waals surface area (Å²) < 4.78 is 0. The van der Waals surface area contributed by atoms with Crippen molar-refractivity contribution < 1.29 is 4.79 Å². The fourth-order valence-electron chi connectivity index (χ4n) is 3.72. The number of rotatable bonds is 3. The second-order valence-corrected chi connectivity index (χ2v) is 9.85. The van der Waals surface area contributed by atoms with Crippen molar-refractivity contribution in [3.05, 3.63) is 93.3 Å². The van der Waals surface area contributed by atoms with Gasteiger partial charge in [-0.25, -0.2) is 4.99 Å².